The van der Waals surface area contributed by atoms with Crippen LogP contribution in [-0.2, 0) is 0 Å². The fourth-order valence-corrected chi connectivity index (χ4v) is 3.00. The minimum atomic E-state index is 0.367. The average molecular weight is 221 g/mol. The SMILES string of the molecule is CCNC(c1ccco1)C1(C)CCCCC1. The van der Waals surface area contributed by atoms with Crippen LogP contribution in [0.2, 0.25) is 0 Å². The van der Waals surface area contributed by atoms with Crippen molar-refractivity contribution in [2.24, 2.45) is 5.41 Å². The van der Waals surface area contributed by atoms with Crippen LogP contribution >= 0.6 is 0 Å². The second-order valence-corrected chi connectivity index (χ2v) is 5.22. The van der Waals surface area contributed by atoms with E-state index in [0.717, 1.165) is 12.3 Å². The van der Waals surface area contributed by atoms with Crippen LogP contribution in [0.1, 0.15) is 57.8 Å². The van der Waals surface area contributed by atoms with Gasteiger partial charge in [-0.15, -0.1) is 0 Å². The lowest BCUT2D eigenvalue weighted by Crippen LogP contribution is -2.37. The zero-order valence-electron chi connectivity index (χ0n) is 10.5. The van der Waals surface area contributed by atoms with Gasteiger partial charge in [-0.25, -0.2) is 0 Å². The summed E-state index contributed by atoms with van der Waals surface area (Å²) in [5.41, 5.74) is 0.367. The Balaban J connectivity index is 2.17. The number of nitrogens with one attached hydrogen (secondary N) is 1. The van der Waals surface area contributed by atoms with Crippen molar-refractivity contribution in [3.05, 3.63) is 24.2 Å². The van der Waals surface area contributed by atoms with Gasteiger partial charge in [-0.3, -0.25) is 0 Å². The second kappa shape index (κ2) is 5.05. The fraction of sp³-hybridized carbons (Fsp3) is 0.714. The zero-order valence-corrected chi connectivity index (χ0v) is 10.5. The van der Waals surface area contributed by atoms with Gasteiger partial charge in [0, 0.05) is 0 Å². The van der Waals surface area contributed by atoms with E-state index >= 15 is 0 Å². The molecule has 1 unspecified atom stereocenters. The predicted molar refractivity (Wildman–Crippen MR) is 66.3 cm³/mol. The van der Waals surface area contributed by atoms with Crippen molar-refractivity contribution in [3.63, 3.8) is 0 Å². The van der Waals surface area contributed by atoms with Crippen molar-refractivity contribution in [2.45, 2.75) is 52.0 Å². The molecule has 1 aromatic heterocycles. The minimum absolute atomic E-state index is 0.367. The molecule has 1 saturated carbocycles. The number of furan rings is 1. The molecule has 2 nitrogen and oxygen atoms in total. The highest BCUT2D eigenvalue weighted by Crippen LogP contribution is 2.45. The largest absolute Gasteiger partial charge is 0.468 e. The lowest BCUT2D eigenvalue weighted by molar-refractivity contribution is 0.130. The maximum Gasteiger partial charge on any atom is 0.121 e. The maximum atomic E-state index is 5.60. The molecule has 16 heavy (non-hydrogen) atoms. The summed E-state index contributed by atoms with van der Waals surface area (Å²) in [5.74, 6) is 1.10. The minimum Gasteiger partial charge on any atom is -0.468 e. The molecule has 1 heterocycles. The Bertz CT molecular complexity index is 299. The topological polar surface area (TPSA) is 25.2 Å². The lowest BCUT2D eigenvalue weighted by atomic mass is 9.70. The zero-order chi connectivity index (χ0) is 11.4. The molecule has 1 N–H and O–H groups in total. The van der Waals surface area contributed by atoms with E-state index in [1.54, 1.807) is 6.26 Å². The summed E-state index contributed by atoms with van der Waals surface area (Å²) < 4.78 is 5.60. The van der Waals surface area contributed by atoms with Crippen molar-refractivity contribution in [1.82, 2.24) is 5.32 Å². The van der Waals surface area contributed by atoms with Gasteiger partial charge < -0.3 is 9.73 Å². The van der Waals surface area contributed by atoms with Gasteiger partial charge in [-0.2, -0.15) is 0 Å². The predicted octanol–water partition coefficient (Wildman–Crippen LogP) is 3.90. The molecule has 1 aromatic rings. The summed E-state index contributed by atoms with van der Waals surface area (Å²) in [5, 5.41) is 3.60. The monoisotopic (exact) mass is 221 g/mol. The Morgan fingerprint density at radius 2 is 2.12 bits per heavy atom. The van der Waals surface area contributed by atoms with E-state index in [1.807, 2.05) is 6.07 Å². The highest BCUT2D eigenvalue weighted by Gasteiger charge is 2.37. The van der Waals surface area contributed by atoms with Gasteiger partial charge >= 0.3 is 0 Å². The quantitative estimate of drug-likeness (QED) is 0.834. The van der Waals surface area contributed by atoms with Gasteiger partial charge in [0.25, 0.3) is 0 Å². The molecule has 1 aliphatic carbocycles. The summed E-state index contributed by atoms with van der Waals surface area (Å²) >= 11 is 0. The molecule has 0 amide bonds. The van der Waals surface area contributed by atoms with Crippen LogP contribution in [0.4, 0.5) is 0 Å². The highest BCUT2D eigenvalue weighted by molar-refractivity contribution is 5.09. The molecular formula is C14H23NO. The van der Waals surface area contributed by atoms with Crippen LogP contribution in [0.5, 0.6) is 0 Å². The molecule has 0 aromatic carbocycles. The summed E-state index contributed by atoms with van der Waals surface area (Å²) in [6.07, 6.45) is 8.52. The molecule has 0 aliphatic heterocycles. The Morgan fingerprint density at radius 3 is 2.69 bits per heavy atom. The molecule has 1 fully saturated rings. The summed E-state index contributed by atoms with van der Waals surface area (Å²) in [7, 11) is 0. The standard InChI is InChI=1S/C14H23NO/c1-3-15-13(12-8-7-11-16-12)14(2)9-5-4-6-10-14/h7-8,11,13,15H,3-6,9-10H2,1-2H3. The third-order valence-corrected chi connectivity index (χ3v) is 3.93. The molecule has 0 radical (unpaired) electrons. The summed E-state index contributed by atoms with van der Waals surface area (Å²) in [6, 6.07) is 4.48. The molecular weight excluding hydrogens is 198 g/mol. The van der Waals surface area contributed by atoms with Gasteiger partial charge in [-0.05, 0) is 36.9 Å². The van der Waals surface area contributed by atoms with Crippen molar-refractivity contribution in [1.29, 1.82) is 0 Å². The molecule has 1 atom stereocenters. The molecule has 1 aliphatic rings. The van der Waals surface area contributed by atoms with Gasteiger partial charge in [-0.1, -0.05) is 33.1 Å². The first kappa shape index (κ1) is 11.7. The van der Waals surface area contributed by atoms with Gasteiger partial charge in [0.05, 0.1) is 12.3 Å². The van der Waals surface area contributed by atoms with Crippen LogP contribution in [0.25, 0.3) is 0 Å². The van der Waals surface area contributed by atoms with Crippen LogP contribution in [0.3, 0.4) is 0 Å². The third kappa shape index (κ3) is 2.32. The van der Waals surface area contributed by atoms with Crippen molar-refractivity contribution < 1.29 is 4.42 Å². The molecule has 0 spiro atoms. The number of hydrogen-bond donors (Lipinski definition) is 1. The first-order valence-corrected chi connectivity index (χ1v) is 6.53. The van der Waals surface area contributed by atoms with E-state index in [9.17, 15) is 0 Å². The normalized spacial score (nSPS) is 21.9. The van der Waals surface area contributed by atoms with Crippen LogP contribution in [0, 0.1) is 5.41 Å². The van der Waals surface area contributed by atoms with E-state index < -0.39 is 0 Å². The molecule has 2 rings (SSSR count). The van der Waals surface area contributed by atoms with E-state index in [1.165, 1.54) is 32.1 Å². The van der Waals surface area contributed by atoms with Gasteiger partial charge in [0.2, 0.25) is 0 Å². The second-order valence-electron chi connectivity index (χ2n) is 5.22. The Morgan fingerprint density at radius 1 is 1.38 bits per heavy atom. The Labute approximate surface area is 98.4 Å². The van der Waals surface area contributed by atoms with Crippen molar-refractivity contribution >= 4 is 0 Å². The summed E-state index contributed by atoms with van der Waals surface area (Å²) in [4.78, 5) is 0. The number of hydrogen-bond acceptors (Lipinski definition) is 2. The molecule has 2 heteroatoms. The van der Waals surface area contributed by atoms with Gasteiger partial charge in [0.1, 0.15) is 5.76 Å². The maximum absolute atomic E-state index is 5.60. The number of rotatable bonds is 4. The van der Waals surface area contributed by atoms with Crippen LogP contribution in [0.15, 0.2) is 22.8 Å². The average Bonchev–Trinajstić information content (AvgIpc) is 2.80. The lowest BCUT2D eigenvalue weighted by Gasteiger charge is -2.40. The van der Waals surface area contributed by atoms with E-state index in [2.05, 4.69) is 25.2 Å². The van der Waals surface area contributed by atoms with Crippen molar-refractivity contribution in [3.8, 4) is 0 Å². The first-order chi connectivity index (χ1) is 7.76. The fourth-order valence-electron chi connectivity index (χ4n) is 3.00. The van der Waals surface area contributed by atoms with E-state index in [-0.39, 0.29) is 0 Å². The smallest absolute Gasteiger partial charge is 0.121 e. The molecule has 0 bridgehead atoms. The third-order valence-electron chi connectivity index (χ3n) is 3.93. The van der Waals surface area contributed by atoms with Crippen LogP contribution in [-0.4, -0.2) is 6.54 Å². The van der Waals surface area contributed by atoms with E-state index in [4.69, 9.17) is 4.42 Å². The first-order valence-electron chi connectivity index (χ1n) is 6.53. The van der Waals surface area contributed by atoms with Crippen LogP contribution < -0.4 is 5.32 Å². The molecule has 90 valence electrons. The van der Waals surface area contributed by atoms with Gasteiger partial charge in [0.15, 0.2) is 0 Å². The van der Waals surface area contributed by atoms with Crippen molar-refractivity contribution in [2.75, 3.05) is 6.54 Å². The van der Waals surface area contributed by atoms with E-state index in [0.29, 0.717) is 11.5 Å². The molecule has 0 saturated heterocycles. The summed E-state index contributed by atoms with van der Waals surface area (Å²) in [6.45, 7) is 5.57. The highest BCUT2D eigenvalue weighted by atomic mass is 16.3. The Hall–Kier alpha value is -0.760. The Kier molecular flexibility index (Phi) is 3.70.